The molecule has 1 heteroatoms. The van der Waals surface area contributed by atoms with Crippen LogP contribution in [-0.2, 0) is 11.8 Å². The molecule has 1 aliphatic rings. The second kappa shape index (κ2) is 3.97. The smallest absolute Gasteiger partial charge is 0.00789 e. The van der Waals surface area contributed by atoms with Gasteiger partial charge in [-0.25, -0.2) is 0 Å². The van der Waals surface area contributed by atoms with Gasteiger partial charge in [-0.15, -0.1) is 0 Å². The largest absolute Gasteiger partial charge is 0.330 e. The van der Waals surface area contributed by atoms with Crippen LogP contribution in [0, 0.1) is 5.92 Å². The third-order valence-corrected chi connectivity index (χ3v) is 3.46. The van der Waals surface area contributed by atoms with Gasteiger partial charge in [0.2, 0.25) is 0 Å². The van der Waals surface area contributed by atoms with Gasteiger partial charge in [-0.2, -0.15) is 0 Å². The van der Waals surface area contributed by atoms with Crippen LogP contribution in [0.5, 0.6) is 0 Å². The van der Waals surface area contributed by atoms with Gasteiger partial charge in [-0.05, 0) is 36.3 Å². The zero-order valence-electron chi connectivity index (χ0n) is 9.79. The molecule has 1 saturated carbocycles. The summed E-state index contributed by atoms with van der Waals surface area (Å²) < 4.78 is 0. The van der Waals surface area contributed by atoms with Crippen LogP contribution in [0.25, 0.3) is 0 Å². The van der Waals surface area contributed by atoms with E-state index >= 15 is 0 Å². The van der Waals surface area contributed by atoms with E-state index in [1.807, 2.05) is 0 Å². The first-order valence-electron chi connectivity index (χ1n) is 5.96. The van der Waals surface area contributed by atoms with Crippen LogP contribution in [0.2, 0.25) is 0 Å². The van der Waals surface area contributed by atoms with Crippen molar-refractivity contribution in [3.05, 3.63) is 35.4 Å². The van der Waals surface area contributed by atoms with E-state index in [0.29, 0.717) is 5.41 Å². The van der Waals surface area contributed by atoms with Crippen molar-refractivity contribution in [2.45, 2.75) is 38.5 Å². The molecule has 1 fully saturated rings. The van der Waals surface area contributed by atoms with Gasteiger partial charge in [0.15, 0.2) is 0 Å². The molecule has 0 heterocycles. The molecule has 1 aliphatic carbocycles. The Bertz CT molecular complexity index is 337. The lowest BCUT2D eigenvalue weighted by molar-refractivity contribution is 0.624. The van der Waals surface area contributed by atoms with Crippen LogP contribution in [-0.4, -0.2) is 6.54 Å². The minimum Gasteiger partial charge on any atom is -0.330 e. The number of rotatable bonds is 4. The lowest BCUT2D eigenvalue weighted by Gasteiger charge is -2.18. The third-order valence-electron chi connectivity index (χ3n) is 3.46. The molecule has 0 aliphatic heterocycles. The van der Waals surface area contributed by atoms with Crippen LogP contribution >= 0.6 is 0 Å². The zero-order valence-corrected chi connectivity index (χ0v) is 9.79. The van der Waals surface area contributed by atoms with Crippen LogP contribution in [0.3, 0.4) is 0 Å². The quantitative estimate of drug-likeness (QED) is 0.800. The van der Waals surface area contributed by atoms with Crippen molar-refractivity contribution in [3.8, 4) is 0 Å². The van der Waals surface area contributed by atoms with E-state index in [-0.39, 0.29) is 0 Å². The fourth-order valence-corrected chi connectivity index (χ4v) is 2.39. The molecule has 0 radical (unpaired) electrons. The lowest BCUT2D eigenvalue weighted by atomic mass is 9.88. The molecule has 0 aromatic heterocycles. The van der Waals surface area contributed by atoms with Gasteiger partial charge in [0.1, 0.15) is 0 Å². The van der Waals surface area contributed by atoms with Gasteiger partial charge < -0.3 is 5.73 Å². The van der Waals surface area contributed by atoms with E-state index in [9.17, 15) is 0 Å². The highest BCUT2D eigenvalue weighted by Gasteiger charge is 2.43. The van der Waals surface area contributed by atoms with Crippen molar-refractivity contribution < 1.29 is 0 Å². The average Bonchev–Trinajstić information content (AvgIpc) is 2.98. The van der Waals surface area contributed by atoms with Crippen LogP contribution in [0.1, 0.15) is 37.8 Å². The fraction of sp³-hybridized carbons (Fsp3) is 0.571. The maximum absolute atomic E-state index is 5.90. The van der Waals surface area contributed by atoms with E-state index in [1.165, 1.54) is 30.4 Å². The topological polar surface area (TPSA) is 26.0 Å². The summed E-state index contributed by atoms with van der Waals surface area (Å²) in [7, 11) is 0. The molecule has 0 spiro atoms. The molecular weight excluding hydrogens is 182 g/mol. The molecule has 82 valence electrons. The standard InChI is InChI=1S/C14H21N/c1-11(2)9-12-5-3-4-6-13(12)14(10-15)7-8-14/h3-6,11H,7-10,15H2,1-2H3. The highest BCUT2D eigenvalue weighted by Crippen LogP contribution is 2.48. The average molecular weight is 203 g/mol. The summed E-state index contributed by atoms with van der Waals surface area (Å²) >= 11 is 0. The molecule has 1 aromatic carbocycles. The van der Waals surface area contributed by atoms with E-state index in [0.717, 1.165) is 12.5 Å². The molecule has 0 atom stereocenters. The highest BCUT2D eigenvalue weighted by atomic mass is 14.7. The van der Waals surface area contributed by atoms with Crippen molar-refractivity contribution in [2.75, 3.05) is 6.54 Å². The lowest BCUT2D eigenvalue weighted by Crippen LogP contribution is -2.21. The summed E-state index contributed by atoms with van der Waals surface area (Å²) in [5.41, 5.74) is 9.26. The van der Waals surface area contributed by atoms with Crippen molar-refractivity contribution in [2.24, 2.45) is 11.7 Å². The Morgan fingerprint density at radius 1 is 1.27 bits per heavy atom. The van der Waals surface area contributed by atoms with E-state index < -0.39 is 0 Å². The van der Waals surface area contributed by atoms with E-state index in [2.05, 4.69) is 38.1 Å². The predicted molar refractivity (Wildman–Crippen MR) is 65.0 cm³/mol. The second-order valence-electron chi connectivity index (χ2n) is 5.24. The Kier molecular flexibility index (Phi) is 2.83. The monoisotopic (exact) mass is 203 g/mol. The number of benzene rings is 1. The van der Waals surface area contributed by atoms with Gasteiger partial charge >= 0.3 is 0 Å². The molecule has 1 aromatic rings. The first-order chi connectivity index (χ1) is 7.18. The van der Waals surface area contributed by atoms with Crippen molar-refractivity contribution in [1.29, 1.82) is 0 Å². The van der Waals surface area contributed by atoms with Gasteiger partial charge in [-0.3, -0.25) is 0 Å². The Hall–Kier alpha value is -0.820. The summed E-state index contributed by atoms with van der Waals surface area (Å²) in [5.74, 6) is 0.722. The summed E-state index contributed by atoms with van der Waals surface area (Å²) in [6.45, 7) is 5.36. The third kappa shape index (κ3) is 2.07. The molecule has 15 heavy (non-hydrogen) atoms. The Balaban J connectivity index is 2.30. The minimum absolute atomic E-state index is 0.339. The molecule has 2 rings (SSSR count). The molecule has 2 N–H and O–H groups in total. The van der Waals surface area contributed by atoms with Gasteiger partial charge in [0.05, 0.1) is 0 Å². The molecule has 0 amide bonds. The maximum atomic E-state index is 5.90. The van der Waals surface area contributed by atoms with Gasteiger partial charge in [-0.1, -0.05) is 38.1 Å². The van der Waals surface area contributed by atoms with Crippen LogP contribution in [0.4, 0.5) is 0 Å². The van der Waals surface area contributed by atoms with Crippen molar-refractivity contribution in [3.63, 3.8) is 0 Å². The van der Waals surface area contributed by atoms with E-state index in [1.54, 1.807) is 0 Å². The minimum atomic E-state index is 0.339. The summed E-state index contributed by atoms with van der Waals surface area (Å²) in [4.78, 5) is 0. The molecular formula is C14H21N. The number of nitrogens with two attached hydrogens (primary N) is 1. The highest BCUT2D eigenvalue weighted by molar-refractivity contribution is 5.39. The molecule has 0 bridgehead atoms. The predicted octanol–water partition coefficient (Wildman–Crippen LogP) is 2.88. The van der Waals surface area contributed by atoms with Gasteiger partial charge in [0, 0.05) is 12.0 Å². The normalized spacial score (nSPS) is 18.1. The Labute approximate surface area is 92.7 Å². The summed E-state index contributed by atoms with van der Waals surface area (Å²) in [6, 6.07) is 8.84. The first kappa shape index (κ1) is 10.7. The summed E-state index contributed by atoms with van der Waals surface area (Å²) in [5, 5.41) is 0. The molecule has 0 unspecified atom stereocenters. The molecule has 0 saturated heterocycles. The molecule has 1 nitrogen and oxygen atoms in total. The van der Waals surface area contributed by atoms with Gasteiger partial charge in [0.25, 0.3) is 0 Å². The summed E-state index contributed by atoms with van der Waals surface area (Å²) in [6.07, 6.45) is 3.73. The maximum Gasteiger partial charge on any atom is 0.00789 e. The first-order valence-corrected chi connectivity index (χ1v) is 5.96. The Morgan fingerprint density at radius 3 is 2.47 bits per heavy atom. The van der Waals surface area contributed by atoms with Crippen LogP contribution < -0.4 is 5.73 Å². The van der Waals surface area contributed by atoms with Crippen LogP contribution in [0.15, 0.2) is 24.3 Å². The van der Waals surface area contributed by atoms with Crippen molar-refractivity contribution in [1.82, 2.24) is 0 Å². The second-order valence-corrected chi connectivity index (χ2v) is 5.24. The Morgan fingerprint density at radius 2 is 1.93 bits per heavy atom. The van der Waals surface area contributed by atoms with Crippen molar-refractivity contribution >= 4 is 0 Å². The van der Waals surface area contributed by atoms with E-state index in [4.69, 9.17) is 5.73 Å². The number of hydrogen-bond donors (Lipinski definition) is 1. The number of hydrogen-bond acceptors (Lipinski definition) is 1. The SMILES string of the molecule is CC(C)Cc1ccccc1C1(CN)CC1. The zero-order chi connectivity index (χ0) is 10.9. The fourth-order valence-electron chi connectivity index (χ4n) is 2.39.